The number of nitrogens with one attached hydrogen (secondary N) is 1. The molecule has 0 amide bonds. The van der Waals surface area contributed by atoms with Crippen molar-refractivity contribution in [3.8, 4) is 6.07 Å². The first-order valence-electron chi connectivity index (χ1n) is 9.22. The summed E-state index contributed by atoms with van der Waals surface area (Å²) in [6.45, 7) is 2.78. The summed E-state index contributed by atoms with van der Waals surface area (Å²) < 4.78 is 16.1. The molecule has 0 saturated carbocycles. The fourth-order valence-electron chi connectivity index (χ4n) is 3.19. The maximum absolute atomic E-state index is 10.3. The Morgan fingerprint density at radius 2 is 2.32 bits per heavy atom. The van der Waals surface area contributed by atoms with Crippen LogP contribution in [0.25, 0.3) is 0 Å². The van der Waals surface area contributed by atoms with E-state index in [4.69, 9.17) is 14.2 Å². The van der Waals surface area contributed by atoms with Gasteiger partial charge in [-0.25, -0.2) is 0 Å². The van der Waals surface area contributed by atoms with Crippen molar-refractivity contribution in [3.63, 3.8) is 0 Å². The lowest BCUT2D eigenvalue weighted by molar-refractivity contribution is -0.0783. The number of nitrogens with zero attached hydrogens (tertiary/aromatic N) is 1. The molecule has 1 saturated heterocycles. The highest BCUT2D eigenvalue weighted by atomic mass is 16.6. The first kappa shape index (κ1) is 19.9. The molecule has 1 fully saturated rings. The lowest BCUT2D eigenvalue weighted by Crippen LogP contribution is -2.21. The molecular formula is C19H30N2O4. The van der Waals surface area contributed by atoms with Crippen LogP contribution in [-0.2, 0) is 14.2 Å². The molecule has 2 aliphatic rings. The van der Waals surface area contributed by atoms with E-state index in [1.54, 1.807) is 7.11 Å². The van der Waals surface area contributed by atoms with E-state index in [0.29, 0.717) is 12.2 Å². The Kier molecular flexibility index (Phi) is 8.98. The van der Waals surface area contributed by atoms with Crippen molar-refractivity contribution in [2.75, 3.05) is 33.5 Å². The summed E-state index contributed by atoms with van der Waals surface area (Å²) in [6.07, 6.45) is 7.60. The molecule has 1 aliphatic carbocycles. The van der Waals surface area contributed by atoms with Gasteiger partial charge < -0.3 is 24.6 Å². The van der Waals surface area contributed by atoms with Gasteiger partial charge in [-0.05, 0) is 56.6 Å². The minimum absolute atomic E-state index is 0.225. The Morgan fingerprint density at radius 3 is 3.04 bits per heavy atom. The zero-order valence-electron chi connectivity index (χ0n) is 15.1. The van der Waals surface area contributed by atoms with Crippen LogP contribution in [0, 0.1) is 11.3 Å². The molecule has 2 unspecified atom stereocenters. The maximum atomic E-state index is 10.3. The predicted octanol–water partition coefficient (Wildman–Crippen LogP) is 2.40. The summed E-state index contributed by atoms with van der Waals surface area (Å²) in [4.78, 5) is 0. The average Bonchev–Trinajstić information content (AvgIpc) is 3.13. The van der Waals surface area contributed by atoms with E-state index in [1.807, 2.05) is 6.08 Å². The Balaban J connectivity index is 1.87. The van der Waals surface area contributed by atoms with E-state index < -0.39 is 6.29 Å². The lowest BCUT2D eigenvalue weighted by atomic mass is 9.95. The number of ether oxygens (including phenoxy) is 3. The molecule has 1 aliphatic heterocycles. The molecule has 2 rings (SSSR count). The number of rotatable bonds is 10. The highest BCUT2D eigenvalue weighted by Gasteiger charge is 2.20. The quantitative estimate of drug-likeness (QED) is 0.358. The van der Waals surface area contributed by atoms with Crippen LogP contribution in [0.15, 0.2) is 22.9 Å². The third-order valence-corrected chi connectivity index (χ3v) is 4.57. The maximum Gasteiger partial charge on any atom is 0.191 e. The van der Waals surface area contributed by atoms with E-state index in [9.17, 15) is 10.4 Å². The average molecular weight is 350 g/mol. The van der Waals surface area contributed by atoms with Crippen LogP contribution in [0.3, 0.4) is 0 Å². The largest absolute Gasteiger partial charge is 0.388 e. The zero-order valence-corrected chi connectivity index (χ0v) is 15.1. The van der Waals surface area contributed by atoms with E-state index >= 15 is 0 Å². The molecule has 0 bridgehead atoms. The van der Waals surface area contributed by atoms with Crippen LogP contribution in [0.2, 0.25) is 0 Å². The molecule has 0 aromatic heterocycles. The number of nitriles is 1. The Morgan fingerprint density at radius 1 is 1.44 bits per heavy atom. The van der Waals surface area contributed by atoms with Crippen LogP contribution in [-0.4, -0.2) is 51.0 Å². The van der Waals surface area contributed by atoms with Crippen LogP contribution in [0.5, 0.6) is 0 Å². The van der Waals surface area contributed by atoms with Crippen LogP contribution in [0.1, 0.15) is 44.9 Å². The molecule has 2 N–H and O–H groups in total. The first-order chi connectivity index (χ1) is 12.2. The summed E-state index contributed by atoms with van der Waals surface area (Å²) >= 11 is 0. The molecule has 2 atom stereocenters. The Hall–Kier alpha value is -1.39. The molecule has 6 nitrogen and oxygen atoms in total. The second kappa shape index (κ2) is 11.3. The standard InChI is InChI=1S/C19H30N2O4/c1-23-10-4-9-21-16-6-2-5-15(13-16)18(14-20)19(22)25-12-8-17-7-3-11-24-17/h13,17,19,21-22H,2-12H2,1H3/b18-15-. The van der Waals surface area contributed by atoms with Gasteiger partial charge in [0.15, 0.2) is 6.29 Å². The molecule has 1 heterocycles. The summed E-state index contributed by atoms with van der Waals surface area (Å²) in [5, 5.41) is 23.1. The van der Waals surface area contributed by atoms with Crippen molar-refractivity contribution in [2.24, 2.45) is 0 Å². The normalized spacial score (nSPS) is 23.7. The van der Waals surface area contributed by atoms with Gasteiger partial charge in [-0.3, -0.25) is 0 Å². The second-order valence-electron chi connectivity index (χ2n) is 6.49. The topological polar surface area (TPSA) is 83.7 Å². The van der Waals surface area contributed by atoms with Crippen LogP contribution >= 0.6 is 0 Å². The van der Waals surface area contributed by atoms with E-state index in [1.165, 1.54) is 0 Å². The summed E-state index contributed by atoms with van der Waals surface area (Å²) in [5.74, 6) is 0. The van der Waals surface area contributed by atoms with Crippen molar-refractivity contribution in [3.05, 3.63) is 22.9 Å². The minimum Gasteiger partial charge on any atom is -0.388 e. The number of allylic oxidation sites excluding steroid dienone is 3. The van der Waals surface area contributed by atoms with Gasteiger partial charge in [0.2, 0.25) is 0 Å². The van der Waals surface area contributed by atoms with Gasteiger partial charge >= 0.3 is 0 Å². The van der Waals surface area contributed by atoms with E-state index in [2.05, 4.69) is 11.4 Å². The second-order valence-corrected chi connectivity index (χ2v) is 6.49. The lowest BCUT2D eigenvalue weighted by Gasteiger charge is -2.20. The van der Waals surface area contributed by atoms with Gasteiger partial charge in [-0.2, -0.15) is 5.26 Å². The highest BCUT2D eigenvalue weighted by molar-refractivity contribution is 5.39. The zero-order chi connectivity index (χ0) is 17.9. The number of hydrogen-bond acceptors (Lipinski definition) is 6. The Bertz CT molecular complexity index is 504. The monoisotopic (exact) mass is 350 g/mol. The van der Waals surface area contributed by atoms with Gasteiger partial charge in [-0.1, -0.05) is 0 Å². The highest BCUT2D eigenvalue weighted by Crippen LogP contribution is 2.25. The van der Waals surface area contributed by atoms with Gasteiger partial charge in [-0.15, -0.1) is 0 Å². The predicted molar refractivity (Wildman–Crippen MR) is 94.6 cm³/mol. The number of aliphatic hydroxyl groups is 1. The summed E-state index contributed by atoms with van der Waals surface area (Å²) in [5.41, 5.74) is 2.30. The fourth-order valence-corrected chi connectivity index (χ4v) is 3.19. The van der Waals surface area contributed by atoms with Crippen molar-refractivity contribution >= 4 is 0 Å². The molecular weight excluding hydrogens is 320 g/mol. The molecule has 0 radical (unpaired) electrons. The van der Waals surface area contributed by atoms with Gasteiger partial charge in [0.25, 0.3) is 0 Å². The van der Waals surface area contributed by atoms with Crippen LogP contribution in [0.4, 0.5) is 0 Å². The molecule has 0 spiro atoms. The van der Waals surface area contributed by atoms with Gasteiger partial charge in [0, 0.05) is 32.6 Å². The number of hydrogen-bond donors (Lipinski definition) is 2. The smallest absolute Gasteiger partial charge is 0.191 e. The van der Waals surface area contributed by atoms with Crippen LogP contribution < -0.4 is 5.32 Å². The number of aliphatic hydroxyl groups excluding tert-OH is 1. The molecule has 0 aromatic rings. The third kappa shape index (κ3) is 6.79. The summed E-state index contributed by atoms with van der Waals surface area (Å²) in [7, 11) is 1.69. The molecule has 6 heteroatoms. The number of methoxy groups -OCH3 is 1. The van der Waals surface area contributed by atoms with Crippen molar-refractivity contribution in [1.82, 2.24) is 5.32 Å². The molecule has 0 aromatic carbocycles. The Labute approximate surface area is 150 Å². The molecule has 140 valence electrons. The van der Waals surface area contributed by atoms with Crippen molar-refractivity contribution in [2.45, 2.75) is 57.3 Å². The van der Waals surface area contributed by atoms with Gasteiger partial charge in [0.05, 0.1) is 18.3 Å². The van der Waals surface area contributed by atoms with E-state index in [-0.39, 0.29) is 6.10 Å². The third-order valence-electron chi connectivity index (χ3n) is 4.57. The van der Waals surface area contributed by atoms with Crippen molar-refractivity contribution < 1.29 is 19.3 Å². The van der Waals surface area contributed by atoms with Crippen molar-refractivity contribution in [1.29, 1.82) is 5.26 Å². The van der Waals surface area contributed by atoms with Gasteiger partial charge in [0.1, 0.15) is 6.07 Å². The fraction of sp³-hybridized carbons (Fsp3) is 0.737. The minimum atomic E-state index is -1.16. The SMILES string of the molecule is COCCCNC1=C/C(=C(/C#N)C(O)OCCC2CCCO2)CCC1. The van der Waals surface area contributed by atoms with E-state index in [0.717, 1.165) is 76.0 Å². The first-order valence-corrected chi connectivity index (χ1v) is 9.22. The molecule has 25 heavy (non-hydrogen) atoms. The summed E-state index contributed by atoms with van der Waals surface area (Å²) in [6, 6.07) is 2.13.